The molecule has 0 saturated carbocycles. The Labute approximate surface area is 147 Å². The highest BCUT2D eigenvalue weighted by Gasteiger charge is 2.14. The number of hydrogen-bond acceptors (Lipinski definition) is 3. The molecule has 1 saturated heterocycles. The fourth-order valence-electron chi connectivity index (χ4n) is 3.10. The Bertz CT molecular complexity index is 725. The van der Waals surface area contributed by atoms with Crippen molar-refractivity contribution in [3.63, 3.8) is 0 Å². The predicted octanol–water partition coefficient (Wildman–Crippen LogP) is 3.36. The third kappa shape index (κ3) is 4.57. The van der Waals surface area contributed by atoms with Gasteiger partial charge in [-0.1, -0.05) is 24.3 Å². The van der Waals surface area contributed by atoms with Gasteiger partial charge in [0.1, 0.15) is 11.6 Å². The Morgan fingerprint density at radius 3 is 2.48 bits per heavy atom. The minimum absolute atomic E-state index is 0.202. The van der Waals surface area contributed by atoms with Gasteiger partial charge in [0, 0.05) is 13.1 Å². The molecule has 0 atom stereocenters. The third-order valence-corrected chi connectivity index (χ3v) is 4.49. The zero-order chi connectivity index (χ0) is 17.6. The van der Waals surface area contributed by atoms with E-state index in [1.165, 1.54) is 56.8 Å². The summed E-state index contributed by atoms with van der Waals surface area (Å²) >= 11 is 0. The molecule has 132 valence electrons. The van der Waals surface area contributed by atoms with E-state index in [1.807, 2.05) is 12.1 Å². The monoisotopic (exact) mass is 342 g/mol. The van der Waals surface area contributed by atoms with Crippen LogP contribution in [-0.2, 0) is 13.1 Å². The Morgan fingerprint density at radius 1 is 1.12 bits per heavy atom. The fraction of sp³-hybridized carbons (Fsp3) is 0.350. The summed E-state index contributed by atoms with van der Waals surface area (Å²) in [5, 5.41) is 2.81. The first-order valence-electron chi connectivity index (χ1n) is 8.57. The molecule has 2 aromatic rings. The predicted molar refractivity (Wildman–Crippen MR) is 95.1 cm³/mol. The standard InChI is InChI=1S/C20H23FN2O2/c1-25-19-9-8-17(21)12-18(19)20(24)22-13-15-4-6-16(7-5-15)14-23-10-2-3-11-23/h4-9,12H,2-3,10-11,13-14H2,1H3,(H,22,24). The largest absolute Gasteiger partial charge is 0.496 e. The number of carbonyl (C=O) groups excluding carboxylic acids is 1. The lowest BCUT2D eigenvalue weighted by Crippen LogP contribution is -2.23. The van der Waals surface area contributed by atoms with Crippen molar-refractivity contribution < 1.29 is 13.9 Å². The van der Waals surface area contributed by atoms with Gasteiger partial charge in [-0.2, -0.15) is 0 Å². The molecule has 1 heterocycles. The molecule has 2 aromatic carbocycles. The molecule has 1 aliphatic heterocycles. The maximum absolute atomic E-state index is 13.4. The highest BCUT2D eigenvalue weighted by Crippen LogP contribution is 2.19. The molecular formula is C20H23FN2O2. The van der Waals surface area contributed by atoms with Crippen LogP contribution in [-0.4, -0.2) is 31.0 Å². The summed E-state index contributed by atoms with van der Waals surface area (Å²) in [6, 6.07) is 12.2. The molecule has 0 spiro atoms. The van der Waals surface area contributed by atoms with Crippen LogP contribution in [0.15, 0.2) is 42.5 Å². The Balaban J connectivity index is 1.57. The SMILES string of the molecule is COc1ccc(F)cc1C(=O)NCc1ccc(CN2CCCC2)cc1. The van der Waals surface area contributed by atoms with Crippen molar-refractivity contribution in [2.75, 3.05) is 20.2 Å². The van der Waals surface area contributed by atoms with Gasteiger partial charge in [0.05, 0.1) is 12.7 Å². The lowest BCUT2D eigenvalue weighted by atomic mass is 10.1. The molecule has 4 nitrogen and oxygen atoms in total. The molecule has 0 aromatic heterocycles. The summed E-state index contributed by atoms with van der Waals surface area (Å²) in [7, 11) is 1.46. The second-order valence-corrected chi connectivity index (χ2v) is 6.33. The van der Waals surface area contributed by atoms with Gasteiger partial charge in [-0.15, -0.1) is 0 Å². The van der Waals surface area contributed by atoms with Crippen LogP contribution in [0.4, 0.5) is 4.39 Å². The Hall–Kier alpha value is -2.40. The topological polar surface area (TPSA) is 41.6 Å². The normalized spacial score (nSPS) is 14.5. The number of carbonyl (C=O) groups is 1. The van der Waals surface area contributed by atoms with E-state index >= 15 is 0 Å². The first kappa shape index (κ1) is 17.4. The number of benzene rings is 2. The van der Waals surface area contributed by atoms with Crippen molar-refractivity contribution in [1.29, 1.82) is 0 Å². The van der Waals surface area contributed by atoms with Crippen molar-refractivity contribution in [2.45, 2.75) is 25.9 Å². The Morgan fingerprint density at radius 2 is 1.80 bits per heavy atom. The summed E-state index contributed by atoms with van der Waals surface area (Å²) in [6.07, 6.45) is 2.57. The smallest absolute Gasteiger partial charge is 0.255 e. The molecule has 0 unspecified atom stereocenters. The number of methoxy groups -OCH3 is 1. The van der Waals surface area contributed by atoms with Crippen molar-refractivity contribution in [3.05, 3.63) is 65.0 Å². The summed E-state index contributed by atoms with van der Waals surface area (Å²) < 4.78 is 18.5. The maximum Gasteiger partial charge on any atom is 0.255 e. The first-order valence-corrected chi connectivity index (χ1v) is 8.57. The molecule has 1 fully saturated rings. The second-order valence-electron chi connectivity index (χ2n) is 6.33. The van der Waals surface area contributed by atoms with Gasteiger partial charge in [0.15, 0.2) is 0 Å². The van der Waals surface area contributed by atoms with Crippen molar-refractivity contribution >= 4 is 5.91 Å². The first-order chi connectivity index (χ1) is 12.2. The zero-order valence-corrected chi connectivity index (χ0v) is 14.4. The molecule has 0 bridgehead atoms. The third-order valence-electron chi connectivity index (χ3n) is 4.49. The molecule has 1 aliphatic rings. The van der Waals surface area contributed by atoms with Gasteiger partial charge in [-0.25, -0.2) is 4.39 Å². The van der Waals surface area contributed by atoms with Crippen LogP contribution >= 0.6 is 0 Å². The molecule has 3 rings (SSSR count). The van der Waals surface area contributed by atoms with Crippen LogP contribution in [0.25, 0.3) is 0 Å². The van der Waals surface area contributed by atoms with E-state index < -0.39 is 5.82 Å². The van der Waals surface area contributed by atoms with E-state index in [0.717, 1.165) is 12.1 Å². The molecule has 0 radical (unpaired) electrons. The van der Waals surface area contributed by atoms with Gasteiger partial charge in [-0.05, 0) is 55.3 Å². The number of hydrogen-bond donors (Lipinski definition) is 1. The number of halogens is 1. The average molecular weight is 342 g/mol. The van der Waals surface area contributed by atoms with Crippen LogP contribution in [0.3, 0.4) is 0 Å². The molecule has 25 heavy (non-hydrogen) atoms. The van der Waals surface area contributed by atoms with E-state index in [4.69, 9.17) is 4.74 Å². The van der Waals surface area contributed by atoms with Gasteiger partial charge < -0.3 is 10.1 Å². The van der Waals surface area contributed by atoms with E-state index in [1.54, 1.807) is 0 Å². The van der Waals surface area contributed by atoms with E-state index in [-0.39, 0.29) is 11.5 Å². The van der Waals surface area contributed by atoms with Crippen LogP contribution in [0.2, 0.25) is 0 Å². The Kier molecular flexibility index (Phi) is 5.66. The summed E-state index contributed by atoms with van der Waals surface area (Å²) in [5.74, 6) is -0.449. The highest BCUT2D eigenvalue weighted by atomic mass is 19.1. The van der Waals surface area contributed by atoms with Crippen molar-refractivity contribution in [1.82, 2.24) is 10.2 Å². The van der Waals surface area contributed by atoms with Crippen molar-refractivity contribution in [3.8, 4) is 5.75 Å². The minimum atomic E-state index is -0.461. The summed E-state index contributed by atoms with van der Waals surface area (Å²) in [5.41, 5.74) is 2.49. The van der Waals surface area contributed by atoms with Crippen LogP contribution < -0.4 is 10.1 Å². The molecule has 1 amide bonds. The molecular weight excluding hydrogens is 319 g/mol. The van der Waals surface area contributed by atoms with E-state index in [0.29, 0.717) is 12.3 Å². The highest BCUT2D eigenvalue weighted by molar-refractivity contribution is 5.96. The number of ether oxygens (including phenoxy) is 1. The quantitative estimate of drug-likeness (QED) is 0.875. The molecule has 5 heteroatoms. The number of rotatable bonds is 6. The van der Waals surface area contributed by atoms with Crippen molar-refractivity contribution in [2.24, 2.45) is 0 Å². The van der Waals surface area contributed by atoms with Crippen LogP contribution in [0, 0.1) is 5.82 Å². The number of nitrogens with one attached hydrogen (secondary N) is 1. The van der Waals surface area contributed by atoms with E-state index in [9.17, 15) is 9.18 Å². The van der Waals surface area contributed by atoms with Gasteiger partial charge in [0.25, 0.3) is 5.91 Å². The number of amides is 1. The second kappa shape index (κ2) is 8.12. The molecule has 0 aliphatic carbocycles. The lowest BCUT2D eigenvalue weighted by Gasteiger charge is -2.15. The van der Waals surface area contributed by atoms with E-state index in [2.05, 4.69) is 22.3 Å². The van der Waals surface area contributed by atoms with Gasteiger partial charge in [-0.3, -0.25) is 9.69 Å². The molecule has 1 N–H and O–H groups in total. The van der Waals surface area contributed by atoms with Crippen LogP contribution in [0.1, 0.15) is 34.3 Å². The number of likely N-dealkylation sites (tertiary alicyclic amines) is 1. The minimum Gasteiger partial charge on any atom is -0.496 e. The van der Waals surface area contributed by atoms with Gasteiger partial charge >= 0.3 is 0 Å². The number of nitrogens with zero attached hydrogens (tertiary/aromatic N) is 1. The summed E-state index contributed by atoms with van der Waals surface area (Å²) in [4.78, 5) is 14.7. The summed E-state index contributed by atoms with van der Waals surface area (Å²) in [6.45, 7) is 3.72. The van der Waals surface area contributed by atoms with Gasteiger partial charge in [0.2, 0.25) is 0 Å². The zero-order valence-electron chi connectivity index (χ0n) is 14.4. The average Bonchev–Trinajstić information content (AvgIpc) is 3.14. The maximum atomic E-state index is 13.4. The fourth-order valence-corrected chi connectivity index (χ4v) is 3.10. The lowest BCUT2D eigenvalue weighted by molar-refractivity contribution is 0.0947. The van der Waals surface area contributed by atoms with Crippen LogP contribution in [0.5, 0.6) is 5.75 Å².